The van der Waals surface area contributed by atoms with E-state index in [1.165, 1.54) is 18.2 Å². The molecule has 3 saturated carbocycles. The number of rotatable bonds is 6. The minimum Gasteiger partial charge on any atom is -0.394 e. The van der Waals surface area contributed by atoms with Crippen LogP contribution in [0.3, 0.4) is 0 Å². The van der Waals surface area contributed by atoms with Crippen molar-refractivity contribution in [3.05, 3.63) is 18.1 Å². The first-order chi connectivity index (χ1) is 13.0. The number of anilines is 1. The third kappa shape index (κ3) is 3.20. The minimum absolute atomic E-state index is 0.214. The fourth-order valence-electron chi connectivity index (χ4n) is 4.40. The lowest BCUT2D eigenvalue weighted by atomic mass is 9.41. The molecule has 0 aromatic carbocycles. The molecule has 2 bridgehead atoms. The monoisotopic (exact) mass is 404 g/mol. The van der Waals surface area contributed by atoms with E-state index in [1.807, 2.05) is 0 Å². The van der Waals surface area contributed by atoms with Crippen LogP contribution >= 0.6 is 0 Å². The molecule has 1 aromatic heterocycles. The van der Waals surface area contributed by atoms with Crippen molar-refractivity contribution >= 4 is 11.7 Å². The number of aromatic nitrogens is 2. The predicted octanol–water partition coefficient (Wildman–Crippen LogP) is 1.53. The number of aliphatic hydroxyl groups excluding tert-OH is 1. The van der Waals surface area contributed by atoms with Crippen molar-refractivity contribution in [2.24, 2.45) is 0 Å². The maximum Gasteiger partial charge on any atom is 0.522 e. The maximum absolute atomic E-state index is 13.8. The first-order valence-corrected chi connectivity index (χ1v) is 8.98. The highest BCUT2D eigenvalue weighted by Gasteiger charge is 2.70. The Bertz CT molecular complexity index is 770. The summed E-state index contributed by atoms with van der Waals surface area (Å²) in [5.74, 6) is -0.253. The lowest BCUT2D eigenvalue weighted by molar-refractivity contribution is -0.359. The summed E-state index contributed by atoms with van der Waals surface area (Å²) >= 11 is 0. The van der Waals surface area contributed by atoms with Crippen LogP contribution in [0.4, 0.5) is 23.4 Å². The molecule has 154 valence electrons. The van der Waals surface area contributed by atoms with E-state index < -0.39 is 42.7 Å². The Morgan fingerprint density at radius 1 is 1.43 bits per heavy atom. The molecule has 3 aliphatic carbocycles. The number of hydrogen-bond acceptors (Lipinski definition) is 6. The molecule has 28 heavy (non-hydrogen) atoms. The Morgan fingerprint density at radius 2 is 2.11 bits per heavy atom. The van der Waals surface area contributed by atoms with Gasteiger partial charge in [-0.1, -0.05) is 0 Å². The minimum atomic E-state index is -4.76. The molecule has 0 unspecified atom stereocenters. The largest absolute Gasteiger partial charge is 0.522 e. The summed E-state index contributed by atoms with van der Waals surface area (Å²) in [4.78, 5) is 22.0. The SMILES string of the molecule is C[C@H]1[C@@H](OC(F)(F)F)CN1C(=O)[C@@H](CO)Nc1cc(C23CC(F)(C2)C3)ncn1. The lowest BCUT2D eigenvalue weighted by Crippen LogP contribution is -2.67. The molecule has 1 aliphatic heterocycles. The molecule has 0 radical (unpaired) electrons. The molecule has 1 amide bonds. The number of likely N-dealkylation sites (tertiary alicyclic amines) is 1. The van der Waals surface area contributed by atoms with E-state index in [0.29, 0.717) is 30.8 Å². The van der Waals surface area contributed by atoms with Gasteiger partial charge in [0.15, 0.2) is 0 Å². The quantitative estimate of drug-likeness (QED) is 0.700. The first kappa shape index (κ1) is 19.3. The molecule has 1 aromatic rings. The molecule has 5 rings (SSSR count). The van der Waals surface area contributed by atoms with Gasteiger partial charge in [-0.25, -0.2) is 14.4 Å². The van der Waals surface area contributed by atoms with Crippen molar-refractivity contribution in [3.8, 4) is 0 Å². The molecule has 2 heterocycles. The van der Waals surface area contributed by atoms with Gasteiger partial charge in [-0.05, 0) is 26.2 Å². The van der Waals surface area contributed by atoms with Gasteiger partial charge in [-0.3, -0.25) is 9.53 Å². The number of hydrogen-bond donors (Lipinski definition) is 2. The molecule has 3 atom stereocenters. The zero-order valence-corrected chi connectivity index (χ0v) is 15.0. The Balaban J connectivity index is 1.38. The summed E-state index contributed by atoms with van der Waals surface area (Å²) in [6.45, 7) is 0.671. The predicted molar refractivity (Wildman–Crippen MR) is 88.0 cm³/mol. The van der Waals surface area contributed by atoms with Gasteiger partial charge in [0.1, 0.15) is 30.0 Å². The van der Waals surface area contributed by atoms with Gasteiger partial charge in [0.2, 0.25) is 5.91 Å². The highest BCUT2D eigenvalue weighted by Crippen LogP contribution is 2.69. The van der Waals surface area contributed by atoms with Crippen LogP contribution < -0.4 is 5.32 Å². The summed E-state index contributed by atoms with van der Waals surface area (Å²) in [6, 6.07) is -0.214. The molecule has 11 heteroatoms. The van der Waals surface area contributed by atoms with Crippen molar-refractivity contribution in [2.75, 3.05) is 18.5 Å². The summed E-state index contributed by atoms with van der Waals surface area (Å²) in [7, 11) is 0. The number of ether oxygens (including phenoxy) is 1. The normalized spacial score (nSPS) is 34.7. The third-order valence-corrected chi connectivity index (χ3v) is 5.95. The Hall–Kier alpha value is -2.01. The van der Waals surface area contributed by atoms with Crippen LogP contribution in [0.5, 0.6) is 0 Å². The Morgan fingerprint density at radius 3 is 2.64 bits per heavy atom. The van der Waals surface area contributed by atoms with Crippen molar-refractivity contribution in [1.82, 2.24) is 14.9 Å². The summed E-state index contributed by atoms with van der Waals surface area (Å²) in [5, 5.41) is 12.4. The zero-order chi connectivity index (χ0) is 20.3. The Kier molecular flexibility index (Phi) is 4.31. The molecule has 7 nitrogen and oxygen atoms in total. The van der Waals surface area contributed by atoms with Crippen LogP contribution in [0.25, 0.3) is 0 Å². The van der Waals surface area contributed by atoms with E-state index >= 15 is 0 Å². The number of nitrogens with one attached hydrogen (secondary N) is 1. The first-order valence-electron chi connectivity index (χ1n) is 8.98. The maximum atomic E-state index is 13.8. The van der Waals surface area contributed by atoms with Crippen molar-refractivity contribution < 1.29 is 32.2 Å². The van der Waals surface area contributed by atoms with Crippen LogP contribution in [0.2, 0.25) is 0 Å². The number of halogens is 4. The summed E-state index contributed by atoms with van der Waals surface area (Å²) < 4.78 is 54.7. The van der Waals surface area contributed by atoms with Crippen LogP contribution in [0.1, 0.15) is 31.9 Å². The highest BCUT2D eigenvalue weighted by atomic mass is 19.4. The van der Waals surface area contributed by atoms with Crippen LogP contribution in [-0.2, 0) is 14.9 Å². The van der Waals surface area contributed by atoms with E-state index in [-0.39, 0.29) is 12.0 Å². The number of amides is 1. The van der Waals surface area contributed by atoms with E-state index in [4.69, 9.17) is 0 Å². The summed E-state index contributed by atoms with van der Waals surface area (Å²) in [6.07, 6.45) is -3.33. The van der Waals surface area contributed by atoms with Gasteiger partial charge in [0.25, 0.3) is 0 Å². The lowest BCUT2D eigenvalue weighted by Gasteiger charge is -2.65. The molecule has 2 N–H and O–H groups in total. The van der Waals surface area contributed by atoms with Crippen molar-refractivity contribution in [3.63, 3.8) is 0 Å². The van der Waals surface area contributed by atoms with Gasteiger partial charge in [0.05, 0.1) is 18.3 Å². The van der Waals surface area contributed by atoms with E-state index in [2.05, 4.69) is 20.0 Å². The van der Waals surface area contributed by atoms with E-state index in [1.54, 1.807) is 6.07 Å². The number of aliphatic hydroxyl groups is 1. The van der Waals surface area contributed by atoms with E-state index in [9.17, 15) is 27.5 Å². The van der Waals surface area contributed by atoms with Crippen LogP contribution in [-0.4, -0.2) is 69.3 Å². The van der Waals surface area contributed by atoms with Gasteiger partial charge < -0.3 is 15.3 Å². The fourth-order valence-corrected chi connectivity index (χ4v) is 4.40. The summed E-state index contributed by atoms with van der Waals surface area (Å²) in [5.41, 5.74) is -0.671. The van der Waals surface area contributed by atoms with Gasteiger partial charge in [-0.15, -0.1) is 13.2 Å². The molecular formula is C17H20F4N4O3. The number of nitrogens with zero attached hydrogens (tertiary/aromatic N) is 3. The topological polar surface area (TPSA) is 87.6 Å². The standard InChI is InChI=1S/C17H20F4N4O3/c1-9-11(28-17(19,20)21)3-25(9)14(27)10(4-26)24-13-2-12(22-8-23-13)15-5-16(18,6-15)7-15/h2,8-11,26H,3-7H2,1H3,(H,22,23,24)/t9-,10+,11-,15?,16?/m0/s1. The third-order valence-electron chi connectivity index (χ3n) is 5.95. The Labute approximate surface area is 158 Å². The van der Waals surface area contributed by atoms with Gasteiger partial charge in [0, 0.05) is 18.0 Å². The molecule has 1 saturated heterocycles. The fraction of sp³-hybridized carbons (Fsp3) is 0.706. The van der Waals surface area contributed by atoms with Gasteiger partial charge in [-0.2, -0.15) is 0 Å². The van der Waals surface area contributed by atoms with Crippen LogP contribution in [0, 0.1) is 0 Å². The second-order valence-electron chi connectivity index (χ2n) is 7.96. The second-order valence-corrected chi connectivity index (χ2v) is 7.96. The number of carbonyl (C=O) groups is 1. The molecular weight excluding hydrogens is 384 g/mol. The van der Waals surface area contributed by atoms with Crippen molar-refractivity contribution in [2.45, 2.75) is 61.8 Å². The smallest absolute Gasteiger partial charge is 0.394 e. The second kappa shape index (κ2) is 6.24. The van der Waals surface area contributed by atoms with Crippen LogP contribution in [0.15, 0.2) is 12.4 Å². The van der Waals surface area contributed by atoms with Crippen molar-refractivity contribution in [1.29, 1.82) is 0 Å². The van der Waals surface area contributed by atoms with Gasteiger partial charge >= 0.3 is 6.36 Å². The average molecular weight is 404 g/mol. The number of alkyl halides is 4. The van der Waals surface area contributed by atoms with E-state index in [0.717, 1.165) is 0 Å². The number of carbonyl (C=O) groups excluding carboxylic acids is 1. The average Bonchev–Trinajstić information content (AvgIpc) is 2.58. The highest BCUT2D eigenvalue weighted by molar-refractivity contribution is 5.85. The zero-order valence-electron chi connectivity index (χ0n) is 15.0. The molecule has 0 spiro atoms. The molecule has 4 aliphatic rings. The molecule has 4 fully saturated rings.